The molecule has 7 nitrogen and oxygen atoms in total. The molecular weight excluding hydrogens is 350 g/mol. The third-order valence-corrected chi connectivity index (χ3v) is 5.38. The first-order valence-corrected chi connectivity index (χ1v) is 9.44. The van der Waals surface area contributed by atoms with Gasteiger partial charge in [0.15, 0.2) is 0 Å². The predicted molar refractivity (Wildman–Crippen MR) is 90.9 cm³/mol. The van der Waals surface area contributed by atoms with E-state index in [1.54, 1.807) is 29.6 Å². The van der Waals surface area contributed by atoms with Crippen LogP contribution in [0.4, 0.5) is 0 Å². The monoisotopic (exact) mass is 367 g/mol. The summed E-state index contributed by atoms with van der Waals surface area (Å²) in [5, 5.41) is 1.75. The van der Waals surface area contributed by atoms with Crippen molar-refractivity contribution in [2.24, 2.45) is 0 Å². The van der Waals surface area contributed by atoms with E-state index in [1.807, 2.05) is 6.92 Å². The molecule has 0 saturated heterocycles. The van der Waals surface area contributed by atoms with Crippen LogP contribution in [0, 0.1) is 6.92 Å². The number of nitrogens with one attached hydrogen (secondary N) is 3. The maximum absolute atomic E-state index is 12.0. The van der Waals surface area contributed by atoms with Crippen molar-refractivity contribution in [1.29, 1.82) is 0 Å². The molecule has 0 aliphatic carbocycles. The molecule has 0 bridgehead atoms. The molecule has 1 aromatic carbocycles. The Balaban J connectivity index is 1.76. The molecular formula is C15H17N3O4S2. The Morgan fingerprint density at radius 2 is 1.79 bits per heavy atom. The molecule has 0 atom stereocenters. The Labute approximate surface area is 144 Å². The first-order valence-electron chi connectivity index (χ1n) is 7.07. The normalized spacial score (nSPS) is 11.0. The zero-order valence-electron chi connectivity index (χ0n) is 12.9. The van der Waals surface area contributed by atoms with Gasteiger partial charge in [0.2, 0.25) is 15.9 Å². The summed E-state index contributed by atoms with van der Waals surface area (Å²) in [7, 11) is -3.66. The highest BCUT2D eigenvalue weighted by atomic mass is 32.2. The fourth-order valence-corrected chi connectivity index (χ4v) is 3.41. The Morgan fingerprint density at radius 1 is 1.08 bits per heavy atom. The first-order chi connectivity index (χ1) is 11.4. The van der Waals surface area contributed by atoms with Gasteiger partial charge in [-0.1, -0.05) is 23.8 Å². The molecule has 0 aliphatic heterocycles. The van der Waals surface area contributed by atoms with Crippen molar-refractivity contribution >= 4 is 33.2 Å². The maximum Gasteiger partial charge on any atom is 0.279 e. The number of hydrazine groups is 1. The van der Waals surface area contributed by atoms with Gasteiger partial charge in [-0.2, -0.15) is 0 Å². The quantitative estimate of drug-likeness (QED) is 0.667. The molecule has 24 heavy (non-hydrogen) atoms. The zero-order valence-corrected chi connectivity index (χ0v) is 14.5. The van der Waals surface area contributed by atoms with Crippen molar-refractivity contribution in [2.45, 2.75) is 18.2 Å². The largest absolute Gasteiger partial charge is 0.279 e. The van der Waals surface area contributed by atoms with E-state index in [9.17, 15) is 18.0 Å². The number of carbonyl (C=O) groups is 2. The van der Waals surface area contributed by atoms with Crippen LogP contribution < -0.4 is 15.6 Å². The van der Waals surface area contributed by atoms with E-state index in [0.717, 1.165) is 5.56 Å². The van der Waals surface area contributed by atoms with E-state index >= 15 is 0 Å². The van der Waals surface area contributed by atoms with Gasteiger partial charge in [-0.3, -0.25) is 20.4 Å². The van der Waals surface area contributed by atoms with Gasteiger partial charge >= 0.3 is 0 Å². The maximum atomic E-state index is 12.0. The number of aryl methyl sites for hydroxylation is 1. The molecule has 2 rings (SSSR count). The zero-order chi connectivity index (χ0) is 17.6. The minimum absolute atomic E-state index is 0.0725. The number of rotatable bonds is 6. The third-order valence-electron chi connectivity index (χ3n) is 3.04. The standard InChI is InChI=1S/C15H17N3O4S2/c1-11-4-6-12(7-5-11)24(21,22)16-9-8-14(19)17-18-15(20)13-3-2-10-23-13/h2-7,10,16H,8-9H2,1H3,(H,17,19)(H,18,20). The fourth-order valence-electron chi connectivity index (χ4n) is 1.76. The lowest BCUT2D eigenvalue weighted by molar-refractivity contribution is -0.121. The highest BCUT2D eigenvalue weighted by Gasteiger charge is 2.14. The number of sulfonamides is 1. The number of thiophene rings is 1. The Bertz CT molecular complexity index is 800. The second-order valence-electron chi connectivity index (χ2n) is 4.94. The summed E-state index contributed by atoms with van der Waals surface area (Å²) >= 11 is 1.25. The number of benzene rings is 1. The molecule has 128 valence electrons. The van der Waals surface area contributed by atoms with Gasteiger partial charge in [0.25, 0.3) is 5.91 Å². The molecule has 1 aromatic heterocycles. The first kappa shape index (κ1) is 18.1. The van der Waals surface area contributed by atoms with Crippen LogP contribution in [0.1, 0.15) is 21.7 Å². The number of amides is 2. The summed E-state index contributed by atoms with van der Waals surface area (Å²) < 4.78 is 26.4. The van der Waals surface area contributed by atoms with Gasteiger partial charge in [0, 0.05) is 13.0 Å². The molecule has 0 spiro atoms. The Hall–Kier alpha value is -2.23. The van der Waals surface area contributed by atoms with Crippen LogP contribution in [0.25, 0.3) is 0 Å². The van der Waals surface area contributed by atoms with Crippen molar-refractivity contribution in [2.75, 3.05) is 6.54 Å². The predicted octanol–water partition coefficient (Wildman–Crippen LogP) is 1.19. The fraction of sp³-hybridized carbons (Fsp3) is 0.200. The van der Waals surface area contributed by atoms with E-state index in [4.69, 9.17) is 0 Å². The average Bonchev–Trinajstić information content (AvgIpc) is 3.07. The summed E-state index contributed by atoms with van der Waals surface area (Å²) in [5.74, 6) is -0.912. The highest BCUT2D eigenvalue weighted by molar-refractivity contribution is 7.89. The topological polar surface area (TPSA) is 104 Å². The van der Waals surface area contributed by atoms with Gasteiger partial charge in [-0.05, 0) is 30.5 Å². The van der Waals surface area contributed by atoms with Crippen LogP contribution in [0.5, 0.6) is 0 Å². The molecule has 2 amide bonds. The molecule has 1 heterocycles. The van der Waals surface area contributed by atoms with Crippen molar-refractivity contribution < 1.29 is 18.0 Å². The van der Waals surface area contributed by atoms with Crippen LogP contribution in [0.3, 0.4) is 0 Å². The van der Waals surface area contributed by atoms with E-state index in [-0.39, 0.29) is 17.9 Å². The molecule has 0 aliphatic rings. The van der Waals surface area contributed by atoms with Crippen LogP contribution in [-0.4, -0.2) is 26.8 Å². The molecule has 0 radical (unpaired) electrons. The molecule has 2 aromatic rings. The summed E-state index contributed by atoms with van der Waals surface area (Å²) in [6, 6.07) is 9.74. The van der Waals surface area contributed by atoms with Gasteiger partial charge < -0.3 is 0 Å². The summed E-state index contributed by atoms with van der Waals surface area (Å²) in [6.07, 6.45) is -0.101. The van der Waals surface area contributed by atoms with Gasteiger partial charge in [0.05, 0.1) is 9.77 Å². The minimum Gasteiger partial charge on any atom is -0.273 e. The summed E-state index contributed by atoms with van der Waals surface area (Å²) in [4.78, 5) is 23.9. The molecule has 0 saturated carbocycles. The van der Waals surface area contributed by atoms with Gasteiger partial charge in [0.1, 0.15) is 0 Å². The minimum atomic E-state index is -3.66. The SMILES string of the molecule is Cc1ccc(S(=O)(=O)NCCC(=O)NNC(=O)c2cccs2)cc1. The van der Waals surface area contributed by atoms with Crippen molar-refractivity contribution in [3.05, 3.63) is 52.2 Å². The van der Waals surface area contributed by atoms with E-state index < -0.39 is 21.8 Å². The summed E-state index contributed by atoms with van der Waals surface area (Å²) in [5.41, 5.74) is 5.46. The number of hydrogen-bond donors (Lipinski definition) is 3. The number of carbonyl (C=O) groups excluding carboxylic acids is 2. The van der Waals surface area contributed by atoms with E-state index in [1.165, 1.54) is 23.5 Å². The van der Waals surface area contributed by atoms with Gasteiger partial charge in [-0.15, -0.1) is 11.3 Å². The lowest BCUT2D eigenvalue weighted by atomic mass is 10.2. The van der Waals surface area contributed by atoms with Crippen molar-refractivity contribution in [3.63, 3.8) is 0 Å². The lowest BCUT2D eigenvalue weighted by Gasteiger charge is -2.08. The van der Waals surface area contributed by atoms with E-state index in [0.29, 0.717) is 4.88 Å². The van der Waals surface area contributed by atoms with Crippen LogP contribution in [0.15, 0.2) is 46.7 Å². The second kappa shape index (κ2) is 8.04. The Kier molecular flexibility index (Phi) is 6.07. The van der Waals surface area contributed by atoms with Crippen LogP contribution in [-0.2, 0) is 14.8 Å². The Morgan fingerprint density at radius 3 is 2.42 bits per heavy atom. The highest BCUT2D eigenvalue weighted by Crippen LogP contribution is 2.09. The van der Waals surface area contributed by atoms with Crippen LogP contribution in [0.2, 0.25) is 0 Å². The van der Waals surface area contributed by atoms with Crippen LogP contribution >= 0.6 is 11.3 Å². The molecule has 0 unspecified atom stereocenters. The smallest absolute Gasteiger partial charge is 0.273 e. The average molecular weight is 367 g/mol. The van der Waals surface area contributed by atoms with Crippen molar-refractivity contribution in [3.8, 4) is 0 Å². The molecule has 0 fully saturated rings. The molecule has 3 N–H and O–H groups in total. The second-order valence-corrected chi connectivity index (χ2v) is 7.66. The van der Waals surface area contributed by atoms with Gasteiger partial charge in [-0.25, -0.2) is 13.1 Å². The third kappa shape index (κ3) is 5.15. The van der Waals surface area contributed by atoms with Crippen molar-refractivity contribution in [1.82, 2.24) is 15.6 Å². The number of hydrogen-bond acceptors (Lipinski definition) is 5. The lowest BCUT2D eigenvalue weighted by Crippen LogP contribution is -2.42. The van der Waals surface area contributed by atoms with E-state index in [2.05, 4.69) is 15.6 Å². The summed E-state index contributed by atoms with van der Waals surface area (Å²) in [6.45, 7) is 1.79. The molecule has 9 heteroatoms.